The lowest BCUT2D eigenvalue weighted by Gasteiger charge is -2.33. The Morgan fingerprint density at radius 1 is 1.05 bits per heavy atom. The molecule has 0 radical (unpaired) electrons. The number of aliphatic hydroxyl groups is 1. The van der Waals surface area contributed by atoms with E-state index in [1.54, 1.807) is 0 Å². The van der Waals surface area contributed by atoms with E-state index in [1.807, 2.05) is 0 Å². The van der Waals surface area contributed by atoms with Crippen LogP contribution in [0.15, 0.2) is 4.99 Å². The number of aliphatic carboxylic acids is 1. The second-order valence-corrected chi connectivity index (χ2v) is 9.71. The number of guanidine groups is 1. The van der Waals surface area contributed by atoms with Crippen LogP contribution in [0.3, 0.4) is 0 Å². The number of aliphatic hydroxyl groups excluding tert-OH is 1. The summed E-state index contributed by atoms with van der Waals surface area (Å²) in [6, 6.07) is -5.37. The van der Waals surface area contributed by atoms with Crippen molar-refractivity contribution in [3.05, 3.63) is 0 Å². The molecule has 0 aromatic heterocycles. The number of rotatable bonds is 9. The summed E-state index contributed by atoms with van der Waals surface area (Å²) in [5.74, 6) is -6.49. The molecule has 0 aromatic carbocycles. The minimum atomic E-state index is -2.05. The predicted octanol–water partition coefficient (Wildman–Crippen LogP) is -5.39. The monoisotopic (exact) mass is 561 g/mol. The number of hydrogen-bond donors (Lipinski definition) is 10. The lowest BCUT2D eigenvalue weighted by Crippen LogP contribution is -2.60. The molecule has 1 rings (SSSR count). The van der Waals surface area contributed by atoms with Gasteiger partial charge in [-0.3, -0.25) is 29.0 Å². The van der Waals surface area contributed by atoms with Crippen LogP contribution >= 0.6 is 11.8 Å². The van der Waals surface area contributed by atoms with E-state index in [-0.39, 0.29) is 31.1 Å². The Kier molecular flexibility index (Phi) is 12.7. The minimum Gasteiger partial charge on any atom is -0.479 e. The lowest BCUT2D eigenvalue weighted by molar-refractivity contribution is -0.144. The third-order valence-electron chi connectivity index (χ3n) is 5.42. The molecular weight excluding hydrogens is 526 g/mol. The van der Waals surface area contributed by atoms with Gasteiger partial charge in [0, 0.05) is 12.3 Å². The summed E-state index contributed by atoms with van der Waals surface area (Å²) in [7, 11) is 1.42. The molecule has 1 aliphatic rings. The Bertz CT molecular complexity index is 945. The summed E-state index contributed by atoms with van der Waals surface area (Å²) in [5, 5.41) is 31.7. The first-order valence-corrected chi connectivity index (χ1v) is 12.5. The third kappa shape index (κ3) is 9.67. The van der Waals surface area contributed by atoms with E-state index in [9.17, 15) is 39.0 Å². The summed E-state index contributed by atoms with van der Waals surface area (Å²) >= 11 is 0.682. The zero-order valence-corrected chi connectivity index (χ0v) is 21.8. The Morgan fingerprint density at radius 3 is 2.21 bits per heavy atom. The molecule has 0 saturated carbocycles. The van der Waals surface area contributed by atoms with Crippen molar-refractivity contribution in [2.45, 2.75) is 55.2 Å². The summed E-state index contributed by atoms with van der Waals surface area (Å²) in [6.07, 6.45) is -0.811. The van der Waals surface area contributed by atoms with Crippen LogP contribution in [0.25, 0.3) is 0 Å². The molecule has 3 unspecified atom stereocenters. The zero-order valence-electron chi connectivity index (χ0n) is 21.0. The number of hydrogen-bond acceptors (Lipinski definition) is 10. The molecular formula is C20H35N9O8S. The highest BCUT2D eigenvalue weighted by Crippen LogP contribution is 2.30. The number of carboxylic acid groups (broad SMARTS) is 1. The summed E-state index contributed by atoms with van der Waals surface area (Å²) in [6.45, 7) is 0.483. The maximum Gasteiger partial charge on any atom is 0.340 e. The number of likely N-dealkylation sites (N-methyl/N-ethyl adjacent to an activating group) is 1. The van der Waals surface area contributed by atoms with Crippen molar-refractivity contribution in [3.8, 4) is 0 Å². The van der Waals surface area contributed by atoms with E-state index in [1.165, 1.54) is 14.0 Å². The summed E-state index contributed by atoms with van der Waals surface area (Å²) in [4.78, 5) is 77.1. The second-order valence-electron chi connectivity index (χ2n) is 8.39. The van der Waals surface area contributed by atoms with Crippen molar-refractivity contribution in [1.29, 1.82) is 0 Å². The standard InChI is InChI=1S/C20H35N9O8S/c1-9-14(32)27-10(6-13(21)31)17(35)29-20(18(36)37,4-3-5-25-19(22)23)38-8-12(24-2)16(34)28-11(7-30)15(33)26-9/h9-12,24,30H,3-8H2,1-2H3,(H2,21,31)(H,26,33)(H,27,32)(H,28,34)(H,29,35)(H,36,37)(H4,22,23,25)/t9?,10-,11?,12?,20+/m0/s1. The molecule has 214 valence electrons. The fraction of sp³-hybridized carbons (Fsp3) is 0.650. The highest BCUT2D eigenvalue weighted by molar-refractivity contribution is 8.01. The SMILES string of the molecule is CNC1CS[C@](CCCN=C(N)N)(C(=O)O)NC(=O)[C@H](CC(N)=O)NC(=O)C(C)NC(=O)C(CO)NC1=O. The fourth-order valence-electron chi connectivity index (χ4n) is 3.28. The molecule has 1 aliphatic heterocycles. The maximum atomic E-state index is 13.2. The van der Waals surface area contributed by atoms with Crippen molar-refractivity contribution in [2.75, 3.05) is 26.0 Å². The quantitative estimate of drug-likeness (QED) is 0.0717. The smallest absolute Gasteiger partial charge is 0.340 e. The van der Waals surface area contributed by atoms with Crippen molar-refractivity contribution in [2.24, 2.45) is 22.2 Å². The Morgan fingerprint density at radius 2 is 1.68 bits per heavy atom. The first-order valence-electron chi connectivity index (χ1n) is 11.5. The van der Waals surface area contributed by atoms with Gasteiger partial charge in [0.05, 0.1) is 19.1 Å². The average Bonchev–Trinajstić information content (AvgIpc) is 2.83. The molecule has 5 atom stereocenters. The molecule has 1 heterocycles. The Labute approximate surface area is 222 Å². The molecule has 1 fully saturated rings. The van der Waals surface area contributed by atoms with Crippen LogP contribution in [-0.4, -0.2) is 107 Å². The number of carbonyl (C=O) groups is 6. The number of amides is 5. The van der Waals surface area contributed by atoms with Crippen molar-refractivity contribution in [3.63, 3.8) is 0 Å². The number of aliphatic imine (C=N–C) groups is 1. The van der Waals surface area contributed by atoms with E-state index in [2.05, 4.69) is 31.6 Å². The van der Waals surface area contributed by atoms with Gasteiger partial charge in [0.2, 0.25) is 29.5 Å². The minimum absolute atomic E-state index is 0.0225. The molecule has 5 amide bonds. The molecule has 17 nitrogen and oxygen atoms in total. The number of nitrogens with zero attached hydrogens (tertiary/aromatic N) is 1. The van der Waals surface area contributed by atoms with Gasteiger partial charge in [-0.15, -0.1) is 11.8 Å². The van der Waals surface area contributed by atoms with Crippen LogP contribution in [0.1, 0.15) is 26.2 Å². The molecule has 13 N–H and O–H groups in total. The van der Waals surface area contributed by atoms with Crippen molar-refractivity contribution >= 4 is 53.2 Å². The molecule has 0 bridgehead atoms. The van der Waals surface area contributed by atoms with Gasteiger partial charge in [-0.1, -0.05) is 0 Å². The van der Waals surface area contributed by atoms with Crippen LogP contribution in [0.2, 0.25) is 0 Å². The molecule has 0 aromatic rings. The molecule has 38 heavy (non-hydrogen) atoms. The van der Waals surface area contributed by atoms with Crippen LogP contribution in [-0.2, 0) is 28.8 Å². The third-order valence-corrected chi connectivity index (χ3v) is 6.89. The number of primary amides is 1. The number of carboxylic acids is 1. The number of nitrogens with one attached hydrogen (secondary N) is 5. The van der Waals surface area contributed by atoms with Gasteiger partial charge >= 0.3 is 5.97 Å². The second kappa shape index (κ2) is 14.9. The Hall–Kier alpha value is -3.64. The largest absolute Gasteiger partial charge is 0.479 e. The highest BCUT2D eigenvalue weighted by atomic mass is 32.2. The van der Waals surface area contributed by atoms with Gasteiger partial charge in [0.1, 0.15) is 18.1 Å². The lowest BCUT2D eigenvalue weighted by atomic mass is 10.1. The van der Waals surface area contributed by atoms with Crippen LogP contribution < -0.4 is 43.8 Å². The number of nitrogens with two attached hydrogens (primary N) is 3. The molecule has 0 aliphatic carbocycles. The molecule has 0 spiro atoms. The van der Waals surface area contributed by atoms with Crippen LogP contribution in [0.4, 0.5) is 0 Å². The highest BCUT2D eigenvalue weighted by Gasteiger charge is 2.43. The zero-order chi connectivity index (χ0) is 29.0. The van der Waals surface area contributed by atoms with Crippen LogP contribution in [0.5, 0.6) is 0 Å². The van der Waals surface area contributed by atoms with Gasteiger partial charge < -0.3 is 54.0 Å². The van der Waals surface area contributed by atoms with Crippen molar-refractivity contribution < 1.29 is 39.0 Å². The van der Waals surface area contributed by atoms with Gasteiger partial charge in [0.25, 0.3) is 0 Å². The number of carbonyl (C=O) groups excluding carboxylic acids is 5. The average molecular weight is 562 g/mol. The fourth-order valence-corrected chi connectivity index (χ4v) is 4.64. The van der Waals surface area contributed by atoms with Gasteiger partial charge in [0.15, 0.2) is 10.8 Å². The van der Waals surface area contributed by atoms with E-state index < -0.39 is 77.6 Å². The molecule has 1 saturated heterocycles. The van der Waals surface area contributed by atoms with Gasteiger partial charge in [-0.2, -0.15) is 0 Å². The van der Waals surface area contributed by atoms with Gasteiger partial charge in [-0.05, 0) is 26.8 Å². The summed E-state index contributed by atoms with van der Waals surface area (Å²) in [5.41, 5.74) is 15.8. The number of thioether (sulfide) groups is 1. The van der Waals surface area contributed by atoms with E-state index in [0.29, 0.717) is 11.8 Å². The topological polar surface area (TPSA) is 293 Å². The predicted molar refractivity (Wildman–Crippen MR) is 136 cm³/mol. The first-order chi connectivity index (χ1) is 17.8. The summed E-state index contributed by atoms with van der Waals surface area (Å²) < 4.78 is 0. The normalized spacial score (nSPS) is 27.4. The van der Waals surface area contributed by atoms with Gasteiger partial charge in [-0.25, -0.2) is 4.79 Å². The van der Waals surface area contributed by atoms with E-state index >= 15 is 0 Å². The molecule has 18 heteroatoms. The van der Waals surface area contributed by atoms with E-state index in [0.717, 1.165) is 0 Å². The van der Waals surface area contributed by atoms with Crippen LogP contribution in [0, 0.1) is 0 Å². The maximum absolute atomic E-state index is 13.2. The van der Waals surface area contributed by atoms with E-state index in [4.69, 9.17) is 17.2 Å². The van der Waals surface area contributed by atoms with Crippen molar-refractivity contribution in [1.82, 2.24) is 26.6 Å². The first kappa shape index (κ1) is 32.4. The Balaban J connectivity index is 3.51.